The first-order valence-electron chi connectivity index (χ1n) is 8.54. The molecule has 0 aromatic heterocycles. The smallest absolute Gasteiger partial charge is 0.380 e. The van der Waals surface area contributed by atoms with Gasteiger partial charge in [0.15, 0.2) is 0 Å². The molecule has 148 valence electrons. The highest BCUT2D eigenvalue weighted by Gasteiger charge is 2.43. The summed E-state index contributed by atoms with van der Waals surface area (Å²) in [6.45, 7) is 9.47. The van der Waals surface area contributed by atoms with E-state index in [4.69, 9.17) is 14.1 Å². The molecule has 1 amide bonds. The van der Waals surface area contributed by atoms with Crippen molar-refractivity contribution in [2.24, 2.45) is 5.14 Å². The second kappa shape index (κ2) is 6.96. The normalized spacial score (nSPS) is 16.8. The van der Waals surface area contributed by atoms with Gasteiger partial charge >= 0.3 is 10.3 Å². The number of hydrogen-bond acceptors (Lipinski definition) is 5. The Labute approximate surface area is 164 Å². The van der Waals surface area contributed by atoms with E-state index in [-0.39, 0.29) is 11.7 Å². The maximum atomic E-state index is 12.6. The summed E-state index contributed by atoms with van der Waals surface area (Å²) in [5, 5.41) is 4.99. The second-order valence-electron chi connectivity index (χ2n) is 6.79. The third-order valence-corrected chi connectivity index (χ3v) is 5.33. The Morgan fingerprint density at radius 3 is 2.36 bits per heavy atom. The topological polar surface area (TPSA) is 98.9 Å². The van der Waals surface area contributed by atoms with Crippen LogP contribution in [-0.2, 0) is 15.1 Å². The summed E-state index contributed by atoms with van der Waals surface area (Å²) < 4.78 is 32.9. The van der Waals surface area contributed by atoms with Gasteiger partial charge < -0.3 is 8.92 Å². The molecule has 1 heterocycles. The molecule has 0 bridgehead atoms. The molecule has 28 heavy (non-hydrogen) atoms. The fourth-order valence-electron chi connectivity index (χ4n) is 3.26. The van der Waals surface area contributed by atoms with Crippen LogP contribution in [0.5, 0.6) is 11.5 Å². The zero-order valence-electron chi connectivity index (χ0n) is 16.1. The van der Waals surface area contributed by atoms with Gasteiger partial charge in [0.05, 0.1) is 13.2 Å². The lowest BCUT2D eigenvalue weighted by Gasteiger charge is -2.43. The van der Waals surface area contributed by atoms with Crippen molar-refractivity contribution in [3.63, 3.8) is 0 Å². The molecule has 0 radical (unpaired) electrons. The minimum absolute atomic E-state index is 0.116. The molecule has 2 N–H and O–H groups in total. The average Bonchev–Trinajstić information content (AvgIpc) is 2.62. The van der Waals surface area contributed by atoms with Crippen LogP contribution < -0.4 is 19.0 Å². The van der Waals surface area contributed by atoms with E-state index >= 15 is 0 Å². The van der Waals surface area contributed by atoms with Crippen LogP contribution in [0.2, 0.25) is 0 Å². The van der Waals surface area contributed by atoms with Gasteiger partial charge in [0.2, 0.25) is 0 Å². The monoisotopic (exact) mass is 402 g/mol. The zero-order valence-corrected chi connectivity index (χ0v) is 17.0. The van der Waals surface area contributed by atoms with Crippen LogP contribution in [0.4, 0.5) is 5.69 Å². The Hall–Kier alpha value is -2.84. The molecule has 2 aromatic rings. The molecule has 2 aromatic carbocycles. The van der Waals surface area contributed by atoms with Crippen molar-refractivity contribution in [2.75, 3.05) is 12.0 Å². The van der Waals surface area contributed by atoms with Crippen LogP contribution in [-0.4, -0.2) is 21.4 Å². The van der Waals surface area contributed by atoms with Crippen LogP contribution in [0.25, 0.3) is 0 Å². The third kappa shape index (κ3) is 3.48. The maximum absolute atomic E-state index is 12.6. The maximum Gasteiger partial charge on any atom is 0.380 e. The molecule has 1 fully saturated rings. The van der Waals surface area contributed by atoms with Gasteiger partial charge in [-0.2, -0.15) is 13.6 Å². The van der Waals surface area contributed by atoms with E-state index in [1.807, 2.05) is 19.9 Å². The van der Waals surface area contributed by atoms with E-state index in [9.17, 15) is 13.2 Å². The average molecular weight is 402 g/mol. The fourth-order valence-corrected chi connectivity index (χ4v) is 3.69. The molecule has 3 rings (SSSR count). The molecule has 1 aliphatic heterocycles. The van der Waals surface area contributed by atoms with Crippen LogP contribution in [0, 0.1) is 20.8 Å². The van der Waals surface area contributed by atoms with Crippen molar-refractivity contribution in [3.8, 4) is 11.5 Å². The summed E-state index contributed by atoms with van der Waals surface area (Å²) in [5.41, 5.74) is 4.34. The van der Waals surface area contributed by atoms with E-state index < -0.39 is 16.3 Å². The summed E-state index contributed by atoms with van der Waals surface area (Å²) >= 11 is 0. The van der Waals surface area contributed by atoms with E-state index in [0.717, 1.165) is 11.1 Å². The first-order valence-corrected chi connectivity index (χ1v) is 10.0. The van der Waals surface area contributed by atoms with Gasteiger partial charge in [-0.05, 0) is 55.2 Å². The van der Waals surface area contributed by atoms with Crippen LogP contribution >= 0.6 is 0 Å². The number of methoxy groups -OCH3 is 1. The highest BCUT2D eigenvalue weighted by atomic mass is 32.2. The predicted molar refractivity (Wildman–Crippen MR) is 107 cm³/mol. The highest BCUT2D eigenvalue weighted by molar-refractivity contribution is 7.84. The summed E-state index contributed by atoms with van der Waals surface area (Å²) in [7, 11) is -2.58. The van der Waals surface area contributed by atoms with E-state index in [1.165, 1.54) is 0 Å². The zero-order chi connectivity index (χ0) is 20.8. The number of anilines is 1. The number of benzene rings is 2. The molecular formula is C20H22N2O5S. The lowest BCUT2D eigenvalue weighted by molar-refractivity contribution is -0.118. The van der Waals surface area contributed by atoms with Crippen molar-refractivity contribution in [3.05, 3.63) is 64.7 Å². The number of rotatable bonds is 5. The number of carbonyl (C=O) groups excluding carboxylic acids is 1. The minimum atomic E-state index is -4.16. The fraction of sp³-hybridized carbons (Fsp3) is 0.250. The SMILES string of the molecule is C=C1C(=O)N(c2cc(C)c(C)c(OC)c2)[C@H]1c1ccc(C)c(OS(N)(=O)=O)c1. The van der Waals surface area contributed by atoms with Crippen molar-refractivity contribution < 1.29 is 22.1 Å². The number of nitrogens with two attached hydrogens (primary N) is 1. The van der Waals surface area contributed by atoms with Gasteiger partial charge in [0, 0.05) is 17.3 Å². The van der Waals surface area contributed by atoms with Crippen molar-refractivity contribution >= 4 is 21.9 Å². The summed E-state index contributed by atoms with van der Waals surface area (Å²) in [4.78, 5) is 14.2. The molecule has 1 atom stereocenters. The molecule has 0 saturated carbocycles. The molecule has 0 aliphatic carbocycles. The summed E-state index contributed by atoms with van der Waals surface area (Å²) in [6, 6.07) is 8.35. The Balaban J connectivity index is 2.05. The molecule has 0 unspecified atom stereocenters. The van der Waals surface area contributed by atoms with Crippen molar-refractivity contribution in [2.45, 2.75) is 26.8 Å². The number of aryl methyl sites for hydroxylation is 2. The lowest BCUT2D eigenvalue weighted by atomic mass is 9.87. The Bertz CT molecular complexity index is 1090. The van der Waals surface area contributed by atoms with Crippen LogP contribution in [0.15, 0.2) is 42.5 Å². The molecular weight excluding hydrogens is 380 g/mol. The van der Waals surface area contributed by atoms with E-state index in [0.29, 0.717) is 28.1 Å². The van der Waals surface area contributed by atoms with Gasteiger partial charge in [-0.1, -0.05) is 18.7 Å². The quantitative estimate of drug-likeness (QED) is 0.612. The van der Waals surface area contributed by atoms with Crippen LogP contribution in [0.3, 0.4) is 0 Å². The lowest BCUT2D eigenvalue weighted by Crippen LogP contribution is -2.48. The molecule has 7 nitrogen and oxygen atoms in total. The van der Waals surface area contributed by atoms with Gasteiger partial charge in [-0.3, -0.25) is 9.69 Å². The predicted octanol–water partition coefficient (Wildman–Crippen LogP) is 2.85. The van der Waals surface area contributed by atoms with E-state index in [2.05, 4.69) is 6.58 Å². The summed E-state index contributed by atoms with van der Waals surface area (Å²) in [6.07, 6.45) is 0. The summed E-state index contributed by atoms with van der Waals surface area (Å²) in [5.74, 6) is 0.593. The first kappa shape index (κ1) is 19.9. The Morgan fingerprint density at radius 2 is 1.75 bits per heavy atom. The standard InChI is InChI=1S/C20H22N2O5S/c1-11-6-7-15(9-17(11)27-28(21,24)25)19-14(4)20(23)22(19)16-8-12(2)13(3)18(10-16)26-5/h6-10,19H,4H2,1-3,5H3,(H2,21,24,25)/t19-/m1/s1. The number of nitrogens with zero attached hydrogens (tertiary/aromatic N) is 1. The molecule has 0 spiro atoms. The van der Waals surface area contributed by atoms with Gasteiger partial charge in [-0.25, -0.2) is 0 Å². The Morgan fingerprint density at radius 1 is 1.07 bits per heavy atom. The first-order chi connectivity index (χ1) is 13.0. The van der Waals surface area contributed by atoms with Gasteiger partial charge in [-0.15, -0.1) is 0 Å². The number of ether oxygens (including phenoxy) is 1. The number of β-lactam (4-membered cyclic amide) rings is 1. The van der Waals surface area contributed by atoms with Crippen molar-refractivity contribution in [1.29, 1.82) is 0 Å². The third-order valence-electron chi connectivity index (χ3n) is 4.92. The molecule has 8 heteroatoms. The number of amides is 1. The van der Waals surface area contributed by atoms with Gasteiger partial charge in [0.1, 0.15) is 11.5 Å². The molecule has 1 saturated heterocycles. The Kier molecular flexibility index (Phi) is 4.95. The number of carbonyl (C=O) groups is 1. The van der Waals surface area contributed by atoms with Crippen LogP contribution in [0.1, 0.15) is 28.3 Å². The molecule has 1 aliphatic rings. The van der Waals surface area contributed by atoms with Gasteiger partial charge in [0.25, 0.3) is 5.91 Å². The largest absolute Gasteiger partial charge is 0.496 e. The minimum Gasteiger partial charge on any atom is -0.496 e. The highest BCUT2D eigenvalue weighted by Crippen LogP contribution is 2.44. The van der Waals surface area contributed by atoms with Crippen molar-refractivity contribution in [1.82, 2.24) is 0 Å². The van der Waals surface area contributed by atoms with E-state index in [1.54, 1.807) is 43.2 Å². The number of hydrogen-bond donors (Lipinski definition) is 1. The second-order valence-corrected chi connectivity index (χ2v) is 7.95.